The number of amidine groups is 1. The summed E-state index contributed by atoms with van der Waals surface area (Å²) in [6.45, 7) is 0. The molecule has 0 bridgehead atoms. The first-order chi connectivity index (χ1) is 11.2. The molecule has 5 nitrogen and oxygen atoms in total. The van der Waals surface area contributed by atoms with Crippen LogP contribution in [0.4, 0.5) is 11.4 Å². The van der Waals surface area contributed by atoms with Crippen LogP contribution in [0, 0.1) is 0 Å². The Kier molecular flexibility index (Phi) is 4.73. The quantitative estimate of drug-likeness (QED) is 0.695. The van der Waals surface area contributed by atoms with Crippen LogP contribution in [0.1, 0.15) is 5.56 Å². The van der Waals surface area contributed by atoms with Gasteiger partial charge in [-0.1, -0.05) is 42.1 Å². The van der Waals surface area contributed by atoms with E-state index in [0.29, 0.717) is 10.9 Å². The van der Waals surface area contributed by atoms with E-state index in [1.165, 1.54) is 11.8 Å². The molecule has 3 rings (SSSR count). The van der Waals surface area contributed by atoms with Crippen LogP contribution in [0.15, 0.2) is 64.8 Å². The monoisotopic (exact) mass is 324 g/mol. The first-order valence-corrected chi connectivity index (χ1v) is 8.13. The van der Waals surface area contributed by atoms with Gasteiger partial charge in [-0.2, -0.15) is 5.10 Å². The Bertz CT molecular complexity index is 741. The fourth-order valence-electron chi connectivity index (χ4n) is 2.11. The van der Waals surface area contributed by atoms with Gasteiger partial charge in [-0.15, -0.1) is 5.10 Å². The maximum absolute atomic E-state index is 11.0. The van der Waals surface area contributed by atoms with Crippen LogP contribution in [-0.4, -0.2) is 30.1 Å². The van der Waals surface area contributed by atoms with Gasteiger partial charge in [0.15, 0.2) is 5.17 Å². The Morgan fingerprint density at radius 3 is 2.43 bits per heavy atom. The van der Waals surface area contributed by atoms with Crippen LogP contribution in [0.3, 0.4) is 0 Å². The Labute approximate surface area is 139 Å². The third kappa shape index (κ3) is 3.98. The maximum Gasteiger partial charge on any atom is 0.236 e. The van der Waals surface area contributed by atoms with Gasteiger partial charge in [-0.25, -0.2) is 0 Å². The van der Waals surface area contributed by atoms with Gasteiger partial charge in [0, 0.05) is 18.4 Å². The number of thioether (sulfide) groups is 1. The molecule has 0 atom stereocenters. The topological polar surface area (TPSA) is 57.1 Å². The lowest BCUT2D eigenvalue weighted by molar-refractivity contribution is -0.116. The molecule has 2 aromatic rings. The van der Waals surface area contributed by atoms with Crippen molar-refractivity contribution in [3.8, 4) is 0 Å². The van der Waals surface area contributed by atoms with Crippen LogP contribution >= 0.6 is 11.8 Å². The van der Waals surface area contributed by atoms with Crippen molar-refractivity contribution in [3.63, 3.8) is 0 Å². The number of hydrogen-bond acceptors (Lipinski definition) is 5. The predicted octanol–water partition coefficient (Wildman–Crippen LogP) is 3.01. The maximum atomic E-state index is 11.0. The number of amides is 1. The molecule has 2 aromatic carbocycles. The summed E-state index contributed by atoms with van der Waals surface area (Å²) < 4.78 is 0. The molecule has 1 N–H and O–H groups in total. The zero-order valence-electron chi connectivity index (χ0n) is 12.6. The van der Waals surface area contributed by atoms with Crippen LogP contribution < -0.4 is 10.2 Å². The van der Waals surface area contributed by atoms with Gasteiger partial charge >= 0.3 is 0 Å². The summed E-state index contributed by atoms with van der Waals surface area (Å²) >= 11 is 1.36. The van der Waals surface area contributed by atoms with E-state index in [9.17, 15) is 4.79 Å². The average molecular weight is 324 g/mol. The molecule has 23 heavy (non-hydrogen) atoms. The zero-order valence-corrected chi connectivity index (χ0v) is 13.5. The molecule has 0 unspecified atom stereocenters. The van der Waals surface area contributed by atoms with E-state index in [-0.39, 0.29) is 5.91 Å². The largest absolute Gasteiger partial charge is 0.345 e. The van der Waals surface area contributed by atoms with E-state index in [0.717, 1.165) is 16.9 Å². The summed E-state index contributed by atoms with van der Waals surface area (Å²) in [5.41, 5.74) is 3.18. The SMILES string of the molecule is CN(c1ccccc1)c1ccc(/C=N/N=C2NC(=O)CS2)cc1. The van der Waals surface area contributed by atoms with Crippen molar-refractivity contribution >= 4 is 40.4 Å². The van der Waals surface area contributed by atoms with Crippen molar-refractivity contribution in [2.24, 2.45) is 10.2 Å². The van der Waals surface area contributed by atoms with Crippen molar-refractivity contribution < 1.29 is 4.79 Å². The smallest absolute Gasteiger partial charge is 0.236 e. The number of para-hydroxylation sites is 1. The number of anilines is 2. The highest BCUT2D eigenvalue weighted by Crippen LogP contribution is 2.22. The minimum Gasteiger partial charge on any atom is -0.345 e. The number of carbonyl (C=O) groups excluding carboxylic acids is 1. The summed E-state index contributed by atoms with van der Waals surface area (Å²) in [7, 11) is 2.03. The van der Waals surface area contributed by atoms with Gasteiger partial charge in [-0.05, 0) is 29.8 Å². The summed E-state index contributed by atoms with van der Waals surface area (Å²) in [6.07, 6.45) is 1.67. The number of nitrogens with one attached hydrogen (secondary N) is 1. The molecule has 0 saturated carbocycles. The fourth-order valence-corrected chi connectivity index (χ4v) is 2.74. The van der Waals surface area contributed by atoms with Crippen molar-refractivity contribution in [1.82, 2.24) is 5.32 Å². The molecule has 116 valence electrons. The van der Waals surface area contributed by atoms with Crippen LogP contribution in [0.2, 0.25) is 0 Å². The van der Waals surface area contributed by atoms with Gasteiger partial charge in [0.1, 0.15) is 0 Å². The molecule has 0 spiro atoms. The second-order valence-corrected chi connectivity index (χ2v) is 5.94. The first kappa shape index (κ1) is 15.3. The molecule has 0 radical (unpaired) electrons. The third-order valence-electron chi connectivity index (χ3n) is 3.37. The van der Waals surface area contributed by atoms with Crippen molar-refractivity contribution in [2.75, 3.05) is 17.7 Å². The van der Waals surface area contributed by atoms with Crippen molar-refractivity contribution in [3.05, 3.63) is 60.2 Å². The average Bonchev–Trinajstić information content (AvgIpc) is 3.01. The molecule has 0 aliphatic carbocycles. The zero-order chi connectivity index (χ0) is 16.1. The Morgan fingerprint density at radius 1 is 1.09 bits per heavy atom. The lowest BCUT2D eigenvalue weighted by Gasteiger charge is -2.19. The summed E-state index contributed by atoms with van der Waals surface area (Å²) in [5.74, 6) is 0.381. The molecular weight excluding hydrogens is 308 g/mol. The predicted molar refractivity (Wildman–Crippen MR) is 96.6 cm³/mol. The number of rotatable bonds is 4. The Morgan fingerprint density at radius 2 is 1.78 bits per heavy atom. The van der Waals surface area contributed by atoms with E-state index in [1.807, 2.05) is 49.5 Å². The van der Waals surface area contributed by atoms with E-state index in [4.69, 9.17) is 0 Å². The van der Waals surface area contributed by atoms with Gasteiger partial charge in [0.2, 0.25) is 5.91 Å². The summed E-state index contributed by atoms with van der Waals surface area (Å²) in [5, 5.41) is 11.2. The van der Waals surface area contributed by atoms with Gasteiger partial charge in [-0.3, -0.25) is 4.79 Å². The Balaban J connectivity index is 1.66. The molecule has 1 heterocycles. The van der Waals surface area contributed by atoms with Gasteiger partial charge in [0.25, 0.3) is 0 Å². The van der Waals surface area contributed by atoms with E-state index in [1.54, 1.807) is 6.21 Å². The van der Waals surface area contributed by atoms with Gasteiger partial charge < -0.3 is 10.2 Å². The molecule has 1 aliphatic rings. The highest BCUT2D eigenvalue weighted by molar-refractivity contribution is 8.15. The van der Waals surface area contributed by atoms with Crippen LogP contribution in [0.5, 0.6) is 0 Å². The molecule has 1 aliphatic heterocycles. The lowest BCUT2D eigenvalue weighted by Crippen LogP contribution is -2.19. The van der Waals surface area contributed by atoms with E-state index < -0.39 is 0 Å². The minimum absolute atomic E-state index is 0.0303. The molecule has 1 fully saturated rings. The number of nitrogens with zero attached hydrogens (tertiary/aromatic N) is 3. The molecule has 1 saturated heterocycles. The highest BCUT2D eigenvalue weighted by Gasteiger charge is 2.15. The minimum atomic E-state index is -0.0303. The summed E-state index contributed by atoms with van der Waals surface area (Å²) in [6, 6.07) is 18.2. The normalized spacial score (nSPS) is 16.0. The third-order valence-corrected chi connectivity index (χ3v) is 4.23. The van der Waals surface area contributed by atoms with Crippen LogP contribution in [-0.2, 0) is 4.79 Å². The van der Waals surface area contributed by atoms with Crippen molar-refractivity contribution in [2.45, 2.75) is 0 Å². The number of carbonyl (C=O) groups is 1. The van der Waals surface area contributed by atoms with Gasteiger partial charge in [0.05, 0.1) is 12.0 Å². The number of hydrogen-bond donors (Lipinski definition) is 1. The van der Waals surface area contributed by atoms with Crippen molar-refractivity contribution in [1.29, 1.82) is 0 Å². The lowest BCUT2D eigenvalue weighted by atomic mass is 10.2. The standard InChI is InChI=1S/C17H16N4OS/c1-21(14-5-3-2-4-6-14)15-9-7-13(8-10-15)11-18-20-17-19-16(22)12-23-17/h2-11H,12H2,1H3,(H,19,20,22)/b18-11+. The highest BCUT2D eigenvalue weighted by atomic mass is 32.2. The van der Waals surface area contributed by atoms with E-state index in [2.05, 4.69) is 32.6 Å². The second kappa shape index (κ2) is 7.11. The molecule has 6 heteroatoms. The summed E-state index contributed by atoms with van der Waals surface area (Å²) in [4.78, 5) is 13.2. The van der Waals surface area contributed by atoms with Crippen LogP contribution in [0.25, 0.3) is 0 Å². The first-order valence-electron chi connectivity index (χ1n) is 7.15. The van der Waals surface area contributed by atoms with E-state index >= 15 is 0 Å². The Hall–Kier alpha value is -2.60. The molecular formula is C17H16N4OS. The molecule has 0 aromatic heterocycles. The fraction of sp³-hybridized carbons (Fsp3) is 0.118. The molecule has 1 amide bonds. The number of benzene rings is 2. The second-order valence-electron chi connectivity index (χ2n) is 4.97.